The molecule has 0 aromatic carbocycles. The average Bonchev–Trinajstić information content (AvgIpc) is 2.89. The second kappa shape index (κ2) is 22.5. The van der Waals surface area contributed by atoms with Crippen molar-refractivity contribution in [1.82, 2.24) is 0 Å². The summed E-state index contributed by atoms with van der Waals surface area (Å²) in [4.78, 5) is 10.6. The molecule has 9 unspecified atom stereocenters. The van der Waals surface area contributed by atoms with E-state index in [1.807, 2.05) is 19.9 Å². The van der Waals surface area contributed by atoms with E-state index in [-0.39, 0.29) is 31.8 Å². The summed E-state index contributed by atoms with van der Waals surface area (Å²) < 4.78 is 0. The van der Waals surface area contributed by atoms with E-state index in [0.29, 0.717) is 17.8 Å². The van der Waals surface area contributed by atoms with Gasteiger partial charge in [-0.2, -0.15) is 0 Å². The zero-order valence-corrected chi connectivity index (χ0v) is 26.5. The number of carbonyl (C=O) groups is 1. The number of hydrogen-bond acceptors (Lipinski definition) is 7. The van der Waals surface area contributed by atoms with Crippen LogP contribution >= 0.6 is 0 Å². The summed E-state index contributed by atoms with van der Waals surface area (Å²) in [6, 6.07) is 0. The van der Waals surface area contributed by atoms with Gasteiger partial charge in [0, 0.05) is 12.3 Å². The monoisotopic (exact) mass is 594 g/mol. The van der Waals surface area contributed by atoms with E-state index >= 15 is 0 Å². The molecule has 0 saturated carbocycles. The molecule has 8 heteroatoms. The summed E-state index contributed by atoms with van der Waals surface area (Å²) in [7, 11) is 0. The van der Waals surface area contributed by atoms with Gasteiger partial charge in [0.25, 0.3) is 0 Å². The van der Waals surface area contributed by atoms with Crippen molar-refractivity contribution in [3.8, 4) is 0 Å². The predicted octanol–water partition coefficient (Wildman–Crippen LogP) is 4.70. The molecular formula is C34H58O8. The first kappa shape index (κ1) is 39.9. The van der Waals surface area contributed by atoms with Gasteiger partial charge in [0.1, 0.15) is 0 Å². The molecule has 0 amide bonds. The number of carboxylic acid groups (broad SMARTS) is 1. The van der Waals surface area contributed by atoms with Gasteiger partial charge in [-0.3, -0.25) is 4.79 Å². The van der Waals surface area contributed by atoms with Gasteiger partial charge in [-0.15, -0.1) is 0 Å². The van der Waals surface area contributed by atoms with Crippen molar-refractivity contribution >= 4 is 5.97 Å². The largest absolute Gasteiger partial charge is 0.481 e. The number of allylic oxidation sites excluding steroid dienone is 1. The lowest BCUT2D eigenvalue weighted by Gasteiger charge is -2.19. The van der Waals surface area contributed by atoms with E-state index in [1.165, 1.54) is 25.0 Å². The quantitative estimate of drug-likeness (QED) is 0.0702. The molecule has 0 aromatic heterocycles. The summed E-state index contributed by atoms with van der Waals surface area (Å²) in [5.74, 6) is 0.224. The SMILES string of the molecule is CCC(C)CC(C)CC(C)/C=C(/C=C(\C)C(O)C(C)/C=C/C(O)C/C=C/C(O)C/C=C/C(O)CC(O)CC(=O)O)CO. The van der Waals surface area contributed by atoms with E-state index in [9.17, 15) is 35.4 Å². The fraction of sp³-hybridized carbons (Fsp3) is 0.676. The van der Waals surface area contributed by atoms with Gasteiger partial charge in [0.15, 0.2) is 0 Å². The highest BCUT2D eigenvalue weighted by molar-refractivity contribution is 5.67. The van der Waals surface area contributed by atoms with Gasteiger partial charge in [-0.1, -0.05) is 89.6 Å². The third-order valence-corrected chi connectivity index (χ3v) is 7.37. The Morgan fingerprint density at radius 2 is 1.33 bits per heavy atom. The highest BCUT2D eigenvalue weighted by atomic mass is 16.4. The predicted molar refractivity (Wildman–Crippen MR) is 169 cm³/mol. The Morgan fingerprint density at radius 1 is 0.762 bits per heavy atom. The minimum absolute atomic E-state index is 0.0957. The third-order valence-electron chi connectivity index (χ3n) is 7.37. The number of aliphatic hydroxyl groups excluding tert-OH is 6. The molecule has 0 heterocycles. The van der Waals surface area contributed by atoms with Gasteiger partial charge < -0.3 is 35.7 Å². The molecule has 0 aliphatic rings. The smallest absolute Gasteiger partial charge is 0.305 e. The molecule has 0 saturated heterocycles. The third kappa shape index (κ3) is 19.9. The summed E-state index contributed by atoms with van der Waals surface area (Å²) in [5, 5.41) is 69.0. The lowest BCUT2D eigenvalue weighted by atomic mass is 9.87. The fourth-order valence-electron chi connectivity index (χ4n) is 4.92. The zero-order valence-electron chi connectivity index (χ0n) is 26.5. The molecule has 0 rings (SSSR count). The van der Waals surface area contributed by atoms with Gasteiger partial charge in [-0.25, -0.2) is 0 Å². The first-order valence-corrected chi connectivity index (χ1v) is 15.3. The van der Waals surface area contributed by atoms with Crippen molar-refractivity contribution in [2.75, 3.05) is 6.61 Å². The van der Waals surface area contributed by atoms with Crippen molar-refractivity contribution in [1.29, 1.82) is 0 Å². The van der Waals surface area contributed by atoms with Crippen LogP contribution in [0.5, 0.6) is 0 Å². The standard InChI is InChI=1S/C34H58O8/c1-7-23(2)16-24(3)17-25(4)18-28(22-35)19-27(6)34(42)26(5)14-15-30(37)12-8-10-29(36)11-9-13-31(38)20-32(39)21-33(40)41/h8-10,13-15,18-19,23-26,29-32,34-39,42H,7,11-12,16-17,20-22H2,1-6H3,(H,40,41)/b10-8+,13-9+,15-14+,27-19+,28-18-. The van der Waals surface area contributed by atoms with Crippen LogP contribution in [0, 0.1) is 23.7 Å². The Hall–Kier alpha value is -2.07. The van der Waals surface area contributed by atoms with Crippen LogP contribution in [0.1, 0.15) is 86.5 Å². The number of aliphatic carboxylic acids is 1. The Morgan fingerprint density at radius 3 is 1.88 bits per heavy atom. The summed E-state index contributed by atoms with van der Waals surface area (Å²) in [6.07, 6.45) is 12.2. The zero-order chi connectivity index (χ0) is 32.2. The Kier molecular flexibility index (Phi) is 21.4. The lowest BCUT2D eigenvalue weighted by Crippen LogP contribution is -2.19. The molecular weight excluding hydrogens is 536 g/mol. The number of aliphatic hydroxyl groups is 6. The van der Waals surface area contributed by atoms with Crippen LogP contribution < -0.4 is 0 Å². The maximum absolute atomic E-state index is 10.8. The number of carboxylic acids is 1. The van der Waals surface area contributed by atoms with Crippen LogP contribution in [0.3, 0.4) is 0 Å². The van der Waals surface area contributed by atoms with E-state index in [2.05, 4.69) is 33.8 Å². The minimum Gasteiger partial charge on any atom is -0.481 e. The van der Waals surface area contributed by atoms with Gasteiger partial charge in [-0.05, 0) is 61.5 Å². The number of rotatable bonds is 22. The molecule has 0 aliphatic heterocycles. The van der Waals surface area contributed by atoms with E-state index in [0.717, 1.165) is 17.6 Å². The molecule has 242 valence electrons. The summed E-state index contributed by atoms with van der Waals surface area (Å²) in [6.45, 7) is 12.5. The second-order valence-electron chi connectivity index (χ2n) is 12.1. The van der Waals surface area contributed by atoms with Crippen molar-refractivity contribution in [2.45, 2.75) is 117 Å². The molecule has 7 N–H and O–H groups in total. The van der Waals surface area contributed by atoms with Crippen LogP contribution in [0.25, 0.3) is 0 Å². The van der Waals surface area contributed by atoms with Crippen LogP contribution in [0.2, 0.25) is 0 Å². The maximum Gasteiger partial charge on any atom is 0.305 e. The lowest BCUT2D eigenvalue weighted by molar-refractivity contribution is -0.139. The molecule has 42 heavy (non-hydrogen) atoms. The molecule has 0 bridgehead atoms. The summed E-state index contributed by atoms with van der Waals surface area (Å²) in [5.41, 5.74) is 1.52. The minimum atomic E-state index is -1.15. The normalized spacial score (nSPS) is 20.0. The fourth-order valence-corrected chi connectivity index (χ4v) is 4.92. The number of hydrogen-bond donors (Lipinski definition) is 7. The van der Waals surface area contributed by atoms with Gasteiger partial charge in [0.2, 0.25) is 0 Å². The molecule has 9 atom stereocenters. The van der Waals surface area contributed by atoms with E-state index < -0.39 is 42.9 Å². The highest BCUT2D eigenvalue weighted by Gasteiger charge is 2.16. The molecule has 8 nitrogen and oxygen atoms in total. The van der Waals surface area contributed by atoms with Crippen molar-refractivity contribution in [3.05, 3.63) is 59.8 Å². The molecule has 0 aliphatic carbocycles. The highest BCUT2D eigenvalue weighted by Crippen LogP contribution is 2.24. The van der Waals surface area contributed by atoms with Gasteiger partial charge in [0.05, 0.1) is 43.5 Å². The maximum atomic E-state index is 10.8. The van der Waals surface area contributed by atoms with Crippen LogP contribution in [-0.2, 0) is 4.79 Å². The van der Waals surface area contributed by atoms with Crippen LogP contribution in [0.15, 0.2) is 59.8 Å². The average molecular weight is 595 g/mol. The van der Waals surface area contributed by atoms with Crippen LogP contribution in [0.4, 0.5) is 0 Å². The molecule has 0 fully saturated rings. The Balaban J connectivity index is 4.77. The van der Waals surface area contributed by atoms with E-state index in [1.54, 1.807) is 24.3 Å². The Labute approximate surface area is 253 Å². The van der Waals surface area contributed by atoms with Crippen molar-refractivity contribution in [2.24, 2.45) is 23.7 Å². The Bertz CT molecular complexity index is 890. The first-order valence-electron chi connectivity index (χ1n) is 15.3. The van der Waals surface area contributed by atoms with E-state index in [4.69, 9.17) is 5.11 Å². The van der Waals surface area contributed by atoms with Crippen molar-refractivity contribution in [3.63, 3.8) is 0 Å². The molecule has 0 spiro atoms. The second-order valence-corrected chi connectivity index (χ2v) is 12.1. The van der Waals surface area contributed by atoms with Crippen LogP contribution in [-0.4, -0.2) is 78.8 Å². The summed E-state index contributed by atoms with van der Waals surface area (Å²) >= 11 is 0. The molecule has 0 radical (unpaired) electrons. The first-order chi connectivity index (χ1) is 19.7. The topological polar surface area (TPSA) is 159 Å². The molecule has 0 aromatic rings. The van der Waals surface area contributed by atoms with Gasteiger partial charge >= 0.3 is 5.97 Å². The van der Waals surface area contributed by atoms with Crippen molar-refractivity contribution < 1.29 is 40.5 Å².